The van der Waals surface area contributed by atoms with Crippen LogP contribution in [0, 0.1) is 21.8 Å². The number of benzene rings is 1. The van der Waals surface area contributed by atoms with Crippen LogP contribution in [0.5, 0.6) is 0 Å². The molecule has 1 saturated heterocycles. The lowest BCUT2D eigenvalue weighted by molar-refractivity contribution is -0.384. The molecular formula is C21H25ClFN5O4. The van der Waals surface area contributed by atoms with Gasteiger partial charge in [0.05, 0.1) is 22.7 Å². The molecule has 3 N–H and O–H groups in total. The Morgan fingerprint density at radius 2 is 2.09 bits per heavy atom. The Morgan fingerprint density at radius 3 is 2.69 bits per heavy atom. The van der Waals surface area contributed by atoms with Crippen LogP contribution in [0.1, 0.15) is 33.6 Å². The topological polar surface area (TPSA) is 124 Å². The van der Waals surface area contributed by atoms with Crippen molar-refractivity contribution in [3.63, 3.8) is 0 Å². The summed E-state index contributed by atoms with van der Waals surface area (Å²) in [5.74, 6) is -1.31. The number of hydrogen-bond acceptors (Lipinski definition) is 8. The molecule has 2 heterocycles. The Bertz CT molecular complexity index is 1030. The van der Waals surface area contributed by atoms with Gasteiger partial charge in [-0.25, -0.2) is 9.37 Å². The molecule has 2 atom stereocenters. The molecule has 9 nitrogen and oxygen atoms in total. The molecule has 1 aromatic heterocycles. The number of pyridine rings is 1. The van der Waals surface area contributed by atoms with E-state index in [0.29, 0.717) is 19.4 Å². The zero-order chi connectivity index (χ0) is 23.6. The molecule has 1 aliphatic rings. The van der Waals surface area contributed by atoms with Gasteiger partial charge < -0.3 is 20.7 Å². The minimum absolute atomic E-state index is 0.0639. The van der Waals surface area contributed by atoms with Gasteiger partial charge in [0, 0.05) is 18.3 Å². The SMILES string of the molecule is CC(C)(C)OC(=O)C1CCN(c2ccc(Nc3nc(Cl)ccc3[N+](=O)[O-])cc2F)C(N)C1. The highest BCUT2D eigenvalue weighted by Crippen LogP contribution is 2.33. The molecule has 3 rings (SSSR count). The molecule has 0 aliphatic carbocycles. The van der Waals surface area contributed by atoms with Crippen molar-refractivity contribution in [2.45, 2.75) is 45.4 Å². The second kappa shape index (κ2) is 9.25. The third-order valence-electron chi connectivity index (χ3n) is 4.94. The van der Waals surface area contributed by atoms with Crippen LogP contribution < -0.4 is 16.0 Å². The summed E-state index contributed by atoms with van der Waals surface area (Å²) in [5, 5.41) is 14.0. The van der Waals surface area contributed by atoms with Crippen LogP contribution in [0.2, 0.25) is 5.15 Å². The number of nitrogens with two attached hydrogens (primary N) is 1. The average molecular weight is 466 g/mol. The number of carbonyl (C=O) groups excluding carboxylic acids is 1. The summed E-state index contributed by atoms with van der Waals surface area (Å²) < 4.78 is 20.4. The number of rotatable bonds is 5. The van der Waals surface area contributed by atoms with E-state index in [2.05, 4.69) is 10.3 Å². The first-order valence-electron chi connectivity index (χ1n) is 10.1. The third-order valence-corrected chi connectivity index (χ3v) is 5.15. The number of hydrogen-bond donors (Lipinski definition) is 2. The van der Waals surface area contributed by atoms with E-state index >= 15 is 0 Å². The lowest BCUT2D eigenvalue weighted by atomic mass is 9.94. The lowest BCUT2D eigenvalue weighted by Crippen LogP contribution is -2.50. The number of aromatic nitrogens is 1. The van der Waals surface area contributed by atoms with Gasteiger partial charge in [-0.05, 0) is 57.9 Å². The smallest absolute Gasteiger partial charge is 0.311 e. The van der Waals surface area contributed by atoms with Crippen molar-refractivity contribution in [1.29, 1.82) is 0 Å². The van der Waals surface area contributed by atoms with Crippen molar-refractivity contribution in [3.8, 4) is 0 Å². The van der Waals surface area contributed by atoms with Gasteiger partial charge in [-0.2, -0.15) is 0 Å². The maximum absolute atomic E-state index is 14.9. The maximum atomic E-state index is 14.9. The van der Waals surface area contributed by atoms with E-state index in [9.17, 15) is 19.3 Å². The normalized spacial score (nSPS) is 18.9. The summed E-state index contributed by atoms with van der Waals surface area (Å²) in [6.07, 6.45) is 0.262. The summed E-state index contributed by atoms with van der Waals surface area (Å²) in [6, 6.07) is 6.82. The summed E-state index contributed by atoms with van der Waals surface area (Å²) in [7, 11) is 0. The van der Waals surface area contributed by atoms with Gasteiger partial charge in [-0.1, -0.05) is 11.6 Å². The van der Waals surface area contributed by atoms with Crippen LogP contribution in [-0.4, -0.2) is 34.2 Å². The molecule has 32 heavy (non-hydrogen) atoms. The van der Waals surface area contributed by atoms with Gasteiger partial charge in [0.1, 0.15) is 16.6 Å². The summed E-state index contributed by atoms with van der Waals surface area (Å²) in [4.78, 5) is 28.5. The molecule has 1 aliphatic heterocycles. The van der Waals surface area contributed by atoms with Gasteiger partial charge in [0.15, 0.2) is 0 Å². The van der Waals surface area contributed by atoms with Crippen molar-refractivity contribution in [3.05, 3.63) is 51.4 Å². The first-order chi connectivity index (χ1) is 14.9. The van der Waals surface area contributed by atoms with Gasteiger partial charge in [0.2, 0.25) is 5.82 Å². The monoisotopic (exact) mass is 465 g/mol. The van der Waals surface area contributed by atoms with Crippen molar-refractivity contribution in [2.75, 3.05) is 16.8 Å². The van der Waals surface area contributed by atoms with Gasteiger partial charge in [-0.15, -0.1) is 0 Å². The molecule has 0 saturated carbocycles. The second-order valence-electron chi connectivity index (χ2n) is 8.57. The van der Waals surface area contributed by atoms with Crippen molar-refractivity contribution in [2.24, 2.45) is 11.7 Å². The van der Waals surface area contributed by atoms with E-state index in [1.54, 1.807) is 31.7 Å². The molecule has 0 amide bonds. The van der Waals surface area contributed by atoms with Crippen molar-refractivity contribution >= 4 is 40.5 Å². The lowest BCUT2D eigenvalue weighted by Gasteiger charge is -2.39. The zero-order valence-electron chi connectivity index (χ0n) is 18.0. The van der Waals surface area contributed by atoms with E-state index in [0.717, 1.165) is 0 Å². The standard InChI is InChI=1S/C21H25ClFN5O4/c1-21(2,3)32-20(29)12-8-9-27(18(24)10-12)15-5-4-13(11-14(15)23)25-19-16(28(30)31)6-7-17(22)26-19/h4-7,11-12,18H,8-10,24H2,1-3H3,(H,25,26). The highest BCUT2D eigenvalue weighted by Gasteiger charge is 2.34. The van der Waals surface area contributed by atoms with Gasteiger partial charge >= 0.3 is 11.7 Å². The third kappa shape index (κ3) is 5.63. The largest absolute Gasteiger partial charge is 0.460 e. The fourth-order valence-electron chi connectivity index (χ4n) is 3.52. The van der Waals surface area contributed by atoms with Crippen molar-refractivity contribution < 1.29 is 18.8 Å². The number of nitro groups is 1. The molecule has 11 heteroatoms. The summed E-state index contributed by atoms with van der Waals surface area (Å²) in [6.45, 7) is 5.80. The minimum atomic E-state index is -0.607. The molecule has 0 radical (unpaired) electrons. The molecule has 2 aromatic rings. The first kappa shape index (κ1) is 23.7. The number of carbonyl (C=O) groups is 1. The average Bonchev–Trinajstić information content (AvgIpc) is 2.67. The molecule has 0 bridgehead atoms. The molecule has 2 unspecified atom stereocenters. The fourth-order valence-corrected chi connectivity index (χ4v) is 3.66. The summed E-state index contributed by atoms with van der Waals surface area (Å²) >= 11 is 5.83. The maximum Gasteiger partial charge on any atom is 0.311 e. The van der Waals surface area contributed by atoms with Crippen LogP contribution in [-0.2, 0) is 9.53 Å². The van der Waals surface area contributed by atoms with Gasteiger partial charge in [0.25, 0.3) is 0 Å². The van der Waals surface area contributed by atoms with Crippen LogP contribution in [0.15, 0.2) is 30.3 Å². The predicted molar refractivity (Wildman–Crippen MR) is 119 cm³/mol. The molecular weight excluding hydrogens is 441 g/mol. The molecule has 172 valence electrons. The molecule has 1 fully saturated rings. The van der Waals surface area contributed by atoms with E-state index < -0.39 is 22.5 Å². The Kier molecular flexibility index (Phi) is 6.85. The zero-order valence-corrected chi connectivity index (χ0v) is 18.7. The number of halogens is 2. The van der Waals surface area contributed by atoms with Crippen molar-refractivity contribution in [1.82, 2.24) is 4.98 Å². The number of anilines is 3. The number of piperidine rings is 1. The van der Waals surface area contributed by atoms with E-state index in [4.69, 9.17) is 22.1 Å². The molecule has 0 spiro atoms. The Hall–Kier alpha value is -2.98. The number of nitrogens with one attached hydrogen (secondary N) is 1. The Labute approximate surface area is 189 Å². The van der Waals surface area contributed by atoms with Crippen LogP contribution in [0.4, 0.5) is 27.3 Å². The second-order valence-corrected chi connectivity index (χ2v) is 8.95. The Morgan fingerprint density at radius 1 is 1.38 bits per heavy atom. The predicted octanol–water partition coefficient (Wildman–Crippen LogP) is 4.37. The van der Waals surface area contributed by atoms with Gasteiger partial charge in [-0.3, -0.25) is 14.9 Å². The Balaban J connectivity index is 1.73. The van der Waals surface area contributed by atoms with E-state index in [1.165, 1.54) is 24.3 Å². The van der Waals surface area contributed by atoms with Crippen LogP contribution >= 0.6 is 11.6 Å². The number of ether oxygens (including phenoxy) is 1. The number of nitrogens with zero attached hydrogens (tertiary/aromatic N) is 3. The molecule has 1 aromatic carbocycles. The van der Waals surface area contributed by atoms with Crippen LogP contribution in [0.3, 0.4) is 0 Å². The minimum Gasteiger partial charge on any atom is -0.460 e. The first-order valence-corrected chi connectivity index (χ1v) is 10.4. The fraction of sp³-hybridized carbons (Fsp3) is 0.429. The highest BCUT2D eigenvalue weighted by molar-refractivity contribution is 6.29. The summed E-state index contributed by atoms with van der Waals surface area (Å²) in [5.41, 5.74) is 5.91. The van der Waals surface area contributed by atoms with E-state index in [-0.39, 0.29) is 39.9 Å². The van der Waals surface area contributed by atoms with Crippen LogP contribution in [0.25, 0.3) is 0 Å². The van der Waals surface area contributed by atoms with E-state index in [1.807, 2.05) is 0 Å². The quantitative estimate of drug-likeness (QED) is 0.289. The highest BCUT2D eigenvalue weighted by atomic mass is 35.5. The number of esters is 1.